The number of aliphatic hydroxyl groups is 1. The summed E-state index contributed by atoms with van der Waals surface area (Å²) in [6.07, 6.45) is 4.10. The summed E-state index contributed by atoms with van der Waals surface area (Å²) in [4.78, 5) is 0. The zero-order chi connectivity index (χ0) is 10.4. The fourth-order valence-corrected chi connectivity index (χ4v) is 1.07. The molecule has 0 aliphatic rings. The maximum absolute atomic E-state index is 9.31. The lowest BCUT2D eigenvalue weighted by Crippen LogP contribution is -1.97. The van der Waals surface area contributed by atoms with Crippen LogP contribution in [0.4, 0.5) is 0 Å². The van der Waals surface area contributed by atoms with Crippen LogP contribution in [0.3, 0.4) is 0 Å². The first-order chi connectivity index (χ1) is 6.76. The molecule has 0 heterocycles. The Morgan fingerprint density at radius 3 is 2.50 bits per heavy atom. The van der Waals surface area contributed by atoms with Crippen molar-refractivity contribution in [2.75, 3.05) is 7.11 Å². The van der Waals surface area contributed by atoms with Gasteiger partial charge in [0, 0.05) is 0 Å². The molecular formula is C12H16O2. The van der Waals surface area contributed by atoms with E-state index in [0.717, 1.165) is 17.7 Å². The monoisotopic (exact) mass is 192 g/mol. The molecular weight excluding hydrogens is 176 g/mol. The van der Waals surface area contributed by atoms with E-state index in [1.165, 1.54) is 0 Å². The van der Waals surface area contributed by atoms with E-state index in [1.807, 2.05) is 37.3 Å². The lowest BCUT2D eigenvalue weighted by atomic mass is 10.1. The van der Waals surface area contributed by atoms with Gasteiger partial charge < -0.3 is 9.84 Å². The minimum Gasteiger partial charge on any atom is -0.497 e. The first kappa shape index (κ1) is 10.8. The Bertz CT molecular complexity index is 288. The van der Waals surface area contributed by atoms with Crippen molar-refractivity contribution in [2.45, 2.75) is 19.4 Å². The van der Waals surface area contributed by atoms with E-state index in [2.05, 4.69) is 0 Å². The molecule has 1 aromatic rings. The van der Waals surface area contributed by atoms with Crippen molar-refractivity contribution in [1.82, 2.24) is 0 Å². The maximum Gasteiger partial charge on any atom is 0.118 e. The van der Waals surface area contributed by atoms with Crippen LogP contribution in [0.5, 0.6) is 5.75 Å². The SMILES string of the molecule is CCC(O)/C=C/c1ccc(OC)cc1. The Morgan fingerprint density at radius 1 is 1.36 bits per heavy atom. The van der Waals surface area contributed by atoms with Gasteiger partial charge in [0.25, 0.3) is 0 Å². The Balaban J connectivity index is 2.64. The van der Waals surface area contributed by atoms with Gasteiger partial charge in [-0.05, 0) is 24.1 Å². The molecule has 1 N–H and O–H groups in total. The van der Waals surface area contributed by atoms with E-state index >= 15 is 0 Å². The molecule has 0 amide bonds. The number of benzene rings is 1. The highest BCUT2D eigenvalue weighted by Crippen LogP contribution is 2.12. The van der Waals surface area contributed by atoms with Crippen molar-refractivity contribution in [3.8, 4) is 5.75 Å². The molecule has 76 valence electrons. The lowest BCUT2D eigenvalue weighted by Gasteiger charge is -2.01. The van der Waals surface area contributed by atoms with E-state index in [0.29, 0.717) is 0 Å². The average Bonchev–Trinajstić information content (AvgIpc) is 2.26. The lowest BCUT2D eigenvalue weighted by molar-refractivity contribution is 0.220. The number of hydrogen-bond acceptors (Lipinski definition) is 2. The summed E-state index contributed by atoms with van der Waals surface area (Å²) in [6.45, 7) is 1.95. The van der Waals surface area contributed by atoms with Crippen molar-refractivity contribution >= 4 is 6.08 Å². The molecule has 1 rings (SSSR count). The molecule has 0 spiro atoms. The van der Waals surface area contributed by atoms with Crippen LogP contribution < -0.4 is 4.74 Å². The number of rotatable bonds is 4. The third-order valence-electron chi connectivity index (χ3n) is 2.04. The summed E-state index contributed by atoms with van der Waals surface area (Å²) >= 11 is 0. The number of hydrogen-bond donors (Lipinski definition) is 1. The Kier molecular flexibility index (Phi) is 4.20. The van der Waals surface area contributed by atoms with Crippen molar-refractivity contribution in [1.29, 1.82) is 0 Å². The van der Waals surface area contributed by atoms with Crippen molar-refractivity contribution < 1.29 is 9.84 Å². The van der Waals surface area contributed by atoms with Crippen molar-refractivity contribution in [3.05, 3.63) is 35.9 Å². The third-order valence-corrected chi connectivity index (χ3v) is 2.04. The van der Waals surface area contributed by atoms with Gasteiger partial charge in [0.2, 0.25) is 0 Å². The highest BCUT2D eigenvalue weighted by atomic mass is 16.5. The number of ether oxygens (including phenoxy) is 1. The average molecular weight is 192 g/mol. The predicted molar refractivity (Wildman–Crippen MR) is 58.3 cm³/mol. The summed E-state index contributed by atoms with van der Waals surface area (Å²) in [6, 6.07) is 7.71. The second-order valence-corrected chi connectivity index (χ2v) is 3.11. The number of methoxy groups -OCH3 is 1. The fourth-order valence-electron chi connectivity index (χ4n) is 1.07. The molecule has 0 aliphatic carbocycles. The van der Waals surface area contributed by atoms with Gasteiger partial charge in [0.1, 0.15) is 5.75 Å². The zero-order valence-electron chi connectivity index (χ0n) is 8.60. The zero-order valence-corrected chi connectivity index (χ0v) is 8.60. The molecule has 0 bridgehead atoms. The van der Waals surface area contributed by atoms with Crippen molar-refractivity contribution in [3.63, 3.8) is 0 Å². The van der Waals surface area contributed by atoms with E-state index in [1.54, 1.807) is 13.2 Å². The maximum atomic E-state index is 9.31. The highest BCUT2D eigenvalue weighted by Gasteiger charge is 1.93. The molecule has 14 heavy (non-hydrogen) atoms. The molecule has 0 saturated heterocycles. The van der Waals surface area contributed by atoms with Crippen LogP contribution in [0.25, 0.3) is 6.08 Å². The fraction of sp³-hybridized carbons (Fsp3) is 0.333. The first-order valence-electron chi connectivity index (χ1n) is 4.76. The molecule has 1 unspecified atom stereocenters. The smallest absolute Gasteiger partial charge is 0.118 e. The van der Waals surface area contributed by atoms with E-state index < -0.39 is 0 Å². The van der Waals surface area contributed by atoms with Crippen LogP contribution in [-0.4, -0.2) is 18.3 Å². The van der Waals surface area contributed by atoms with Gasteiger partial charge in [-0.25, -0.2) is 0 Å². The minimum atomic E-state index is -0.350. The van der Waals surface area contributed by atoms with Crippen LogP contribution in [0.15, 0.2) is 30.3 Å². The van der Waals surface area contributed by atoms with Crippen LogP contribution in [0, 0.1) is 0 Å². The van der Waals surface area contributed by atoms with Crippen LogP contribution in [0.2, 0.25) is 0 Å². The van der Waals surface area contributed by atoms with Gasteiger partial charge >= 0.3 is 0 Å². The molecule has 1 aromatic carbocycles. The summed E-state index contributed by atoms with van der Waals surface area (Å²) in [5.41, 5.74) is 1.07. The van der Waals surface area contributed by atoms with Gasteiger partial charge in [-0.3, -0.25) is 0 Å². The van der Waals surface area contributed by atoms with Gasteiger partial charge in [0.15, 0.2) is 0 Å². The second-order valence-electron chi connectivity index (χ2n) is 3.11. The Hall–Kier alpha value is -1.28. The standard InChI is InChI=1S/C12H16O2/c1-3-11(13)7-4-10-5-8-12(14-2)9-6-10/h4-9,11,13H,3H2,1-2H3/b7-4+. The molecule has 0 fully saturated rings. The van der Waals surface area contributed by atoms with Crippen LogP contribution in [0.1, 0.15) is 18.9 Å². The molecule has 1 atom stereocenters. The predicted octanol–water partition coefficient (Wildman–Crippen LogP) is 2.48. The molecule has 0 saturated carbocycles. The third kappa shape index (κ3) is 3.23. The highest BCUT2D eigenvalue weighted by molar-refractivity contribution is 5.50. The second kappa shape index (κ2) is 5.45. The summed E-state index contributed by atoms with van der Waals surface area (Å²) in [5, 5.41) is 9.31. The quantitative estimate of drug-likeness (QED) is 0.794. The largest absolute Gasteiger partial charge is 0.497 e. The molecule has 0 aromatic heterocycles. The minimum absolute atomic E-state index is 0.350. The summed E-state index contributed by atoms with van der Waals surface area (Å²) in [5.74, 6) is 0.846. The van der Waals surface area contributed by atoms with Crippen LogP contribution in [-0.2, 0) is 0 Å². The summed E-state index contributed by atoms with van der Waals surface area (Å²) in [7, 11) is 1.64. The summed E-state index contributed by atoms with van der Waals surface area (Å²) < 4.78 is 5.04. The van der Waals surface area contributed by atoms with Crippen molar-refractivity contribution in [2.24, 2.45) is 0 Å². The van der Waals surface area contributed by atoms with Gasteiger partial charge in [-0.1, -0.05) is 31.2 Å². The number of aliphatic hydroxyl groups excluding tert-OH is 1. The van der Waals surface area contributed by atoms with Gasteiger partial charge in [-0.2, -0.15) is 0 Å². The molecule has 0 aliphatic heterocycles. The van der Waals surface area contributed by atoms with E-state index in [4.69, 9.17) is 4.74 Å². The Morgan fingerprint density at radius 2 is 2.00 bits per heavy atom. The Labute approximate surface area is 84.8 Å². The van der Waals surface area contributed by atoms with Gasteiger partial charge in [-0.15, -0.1) is 0 Å². The topological polar surface area (TPSA) is 29.5 Å². The molecule has 0 radical (unpaired) electrons. The van der Waals surface area contributed by atoms with Gasteiger partial charge in [0.05, 0.1) is 13.2 Å². The molecule has 2 heteroatoms. The van der Waals surface area contributed by atoms with E-state index in [-0.39, 0.29) is 6.10 Å². The molecule has 2 nitrogen and oxygen atoms in total. The van der Waals surface area contributed by atoms with Crippen LogP contribution >= 0.6 is 0 Å². The normalized spacial score (nSPS) is 13.1. The van der Waals surface area contributed by atoms with E-state index in [9.17, 15) is 5.11 Å². The first-order valence-corrected chi connectivity index (χ1v) is 4.76.